The summed E-state index contributed by atoms with van der Waals surface area (Å²) in [5, 5.41) is 3.60. The third-order valence-corrected chi connectivity index (χ3v) is 3.39. The Bertz CT molecular complexity index is 574. The molecule has 0 saturated heterocycles. The smallest absolute Gasteiger partial charge is 0.128 e. The van der Waals surface area contributed by atoms with Crippen LogP contribution in [0.3, 0.4) is 0 Å². The average molecular weight is 280 g/mol. The minimum Gasteiger partial charge on any atom is -0.383 e. The van der Waals surface area contributed by atoms with Crippen LogP contribution in [0.25, 0.3) is 0 Å². The molecule has 0 spiro atoms. The third-order valence-electron chi connectivity index (χ3n) is 3.03. The standard InChI is InChI=1S/C14H15ClFN3/c1-18-13(11-3-2-6-19-14(11)17)7-9-4-5-10(16)8-12(9)15/h2-6,8,13,18H,7H2,1H3,(H2,17,19). The summed E-state index contributed by atoms with van der Waals surface area (Å²) in [6.07, 6.45) is 2.27. The predicted octanol–water partition coefficient (Wildman–Crippen LogP) is 2.96. The molecule has 2 rings (SSSR count). The first-order valence-corrected chi connectivity index (χ1v) is 6.31. The van der Waals surface area contributed by atoms with Crippen molar-refractivity contribution in [1.29, 1.82) is 0 Å². The van der Waals surface area contributed by atoms with Crippen molar-refractivity contribution < 1.29 is 4.39 Å². The summed E-state index contributed by atoms with van der Waals surface area (Å²) in [6, 6.07) is 8.14. The first-order chi connectivity index (χ1) is 9.11. The first kappa shape index (κ1) is 13.8. The SMILES string of the molecule is CNC(Cc1ccc(F)cc1Cl)c1cccnc1N. The van der Waals surface area contributed by atoms with Crippen molar-refractivity contribution in [2.75, 3.05) is 12.8 Å². The lowest BCUT2D eigenvalue weighted by Gasteiger charge is -2.18. The highest BCUT2D eigenvalue weighted by Crippen LogP contribution is 2.26. The van der Waals surface area contributed by atoms with Crippen LogP contribution in [0.4, 0.5) is 10.2 Å². The van der Waals surface area contributed by atoms with Gasteiger partial charge in [0.1, 0.15) is 11.6 Å². The molecule has 5 heteroatoms. The fourth-order valence-electron chi connectivity index (χ4n) is 2.00. The van der Waals surface area contributed by atoms with E-state index in [-0.39, 0.29) is 11.9 Å². The van der Waals surface area contributed by atoms with Gasteiger partial charge in [-0.2, -0.15) is 0 Å². The van der Waals surface area contributed by atoms with Crippen LogP contribution in [0.1, 0.15) is 17.2 Å². The average Bonchev–Trinajstić information content (AvgIpc) is 2.39. The lowest BCUT2D eigenvalue weighted by molar-refractivity contribution is 0.589. The van der Waals surface area contributed by atoms with E-state index in [0.717, 1.165) is 11.1 Å². The predicted molar refractivity (Wildman–Crippen MR) is 75.6 cm³/mol. The van der Waals surface area contributed by atoms with Crippen LogP contribution >= 0.6 is 11.6 Å². The number of rotatable bonds is 4. The molecular weight excluding hydrogens is 265 g/mol. The van der Waals surface area contributed by atoms with E-state index in [1.165, 1.54) is 12.1 Å². The highest BCUT2D eigenvalue weighted by atomic mass is 35.5. The zero-order valence-electron chi connectivity index (χ0n) is 10.5. The lowest BCUT2D eigenvalue weighted by Crippen LogP contribution is -2.20. The van der Waals surface area contributed by atoms with Crippen molar-refractivity contribution in [3.63, 3.8) is 0 Å². The quantitative estimate of drug-likeness (QED) is 0.905. The zero-order chi connectivity index (χ0) is 13.8. The monoisotopic (exact) mass is 279 g/mol. The molecule has 0 aliphatic rings. The normalized spacial score (nSPS) is 12.4. The van der Waals surface area contributed by atoms with Crippen molar-refractivity contribution in [3.8, 4) is 0 Å². The number of nitrogens with one attached hydrogen (secondary N) is 1. The van der Waals surface area contributed by atoms with Crippen molar-refractivity contribution in [1.82, 2.24) is 10.3 Å². The van der Waals surface area contributed by atoms with Gasteiger partial charge in [-0.1, -0.05) is 23.7 Å². The van der Waals surface area contributed by atoms with Crippen LogP contribution in [0.2, 0.25) is 5.02 Å². The molecule has 0 saturated carbocycles. The number of nitrogens with two attached hydrogens (primary N) is 1. The molecule has 100 valence electrons. The number of nitrogen functional groups attached to an aromatic ring is 1. The van der Waals surface area contributed by atoms with Gasteiger partial charge in [0, 0.05) is 22.8 Å². The molecule has 1 unspecified atom stereocenters. The molecule has 0 radical (unpaired) electrons. The van der Waals surface area contributed by atoms with Crippen LogP contribution in [-0.4, -0.2) is 12.0 Å². The summed E-state index contributed by atoms with van der Waals surface area (Å²) >= 11 is 6.04. The molecule has 3 nitrogen and oxygen atoms in total. The van der Waals surface area contributed by atoms with E-state index in [0.29, 0.717) is 17.3 Å². The van der Waals surface area contributed by atoms with Crippen LogP contribution < -0.4 is 11.1 Å². The van der Waals surface area contributed by atoms with Gasteiger partial charge in [0.2, 0.25) is 0 Å². The summed E-state index contributed by atoms with van der Waals surface area (Å²) < 4.78 is 13.0. The van der Waals surface area contributed by atoms with Crippen molar-refractivity contribution in [3.05, 3.63) is 58.5 Å². The van der Waals surface area contributed by atoms with Gasteiger partial charge >= 0.3 is 0 Å². The minimum absolute atomic E-state index is 0.0170. The van der Waals surface area contributed by atoms with E-state index >= 15 is 0 Å². The topological polar surface area (TPSA) is 50.9 Å². The lowest BCUT2D eigenvalue weighted by atomic mass is 9.99. The van der Waals surface area contributed by atoms with Crippen LogP contribution in [0, 0.1) is 5.82 Å². The largest absolute Gasteiger partial charge is 0.383 e. The molecule has 1 heterocycles. The molecule has 0 aliphatic heterocycles. The molecule has 1 atom stereocenters. The summed E-state index contributed by atoms with van der Waals surface area (Å²) in [6.45, 7) is 0. The number of anilines is 1. The maximum absolute atomic E-state index is 13.0. The highest BCUT2D eigenvalue weighted by Gasteiger charge is 2.15. The van der Waals surface area contributed by atoms with E-state index in [1.54, 1.807) is 12.3 Å². The van der Waals surface area contributed by atoms with Crippen LogP contribution in [-0.2, 0) is 6.42 Å². The molecule has 1 aromatic carbocycles. The highest BCUT2D eigenvalue weighted by molar-refractivity contribution is 6.31. The second kappa shape index (κ2) is 5.99. The second-order valence-corrected chi connectivity index (χ2v) is 4.67. The van der Waals surface area contributed by atoms with Gasteiger partial charge < -0.3 is 11.1 Å². The molecule has 19 heavy (non-hydrogen) atoms. The summed E-state index contributed by atoms with van der Waals surface area (Å²) in [4.78, 5) is 4.07. The summed E-state index contributed by atoms with van der Waals surface area (Å²) in [5.41, 5.74) is 7.64. The number of benzene rings is 1. The van der Waals surface area contributed by atoms with E-state index in [2.05, 4.69) is 10.3 Å². The molecule has 3 N–H and O–H groups in total. The molecule has 0 amide bonds. The van der Waals surface area contributed by atoms with Gasteiger partial charge in [-0.05, 0) is 37.2 Å². The Morgan fingerprint density at radius 3 is 2.84 bits per heavy atom. The third kappa shape index (κ3) is 3.22. The summed E-state index contributed by atoms with van der Waals surface area (Å²) in [7, 11) is 1.84. The molecule has 0 aliphatic carbocycles. The Morgan fingerprint density at radius 2 is 2.21 bits per heavy atom. The number of halogens is 2. The van der Waals surface area contributed by atoms with Crippen molar-refractivity contribution >= 4 is 17.4 Å². The number of hydrogen-bond acceptors (Lipinski definition) is 3. The number of aromatic nitrogens is 1. The molecule has 0 bridgehead atoms. The fourth-order valence-corrected chi connectivity index (χ4v) is 2.24. The zero-order valence-corrected chi connectivity index (χ0v) is 11.3. The number of pyridine rings is 1. The molecule has 1 aromatic heterocycles. The van der Waals surface area contributed by atoms with Gasteiger partial charge in [-0.25, -0.2) is 9.37 Å². The van der Waals surface area contributed by atoms with E-state index in [4.69, 9.17) is 17.3 Å². The van der Waals surface area contributed by atoms with Gasteiger partial charge in [-0.3, -0.25) is 0 Å². The van der Waals surface area contributed by atoms with Gasteiger partial charge in [0.15, 0.2) is 0 Å². The Balaban J connectivity index is 2.27. The van der Waals surface area contributed by atoms with Gasteiger partial charge in [0.05, 0.1) is 0 Å². The van der Waals surface area contributed by atoms with E-state index < -0.39 is 0 Å². The number of nitrogens with zero attached hydrogens (tertiary/aromatic N) is 1. The molecule has 2 aromatic rings. The first-order valence-electron chi connectivity index (χ1n) is 5.93. The van der Waals surface area contributed by atoms with Crippen LogP contribution in [0.5, 0.6) is 0 Å². The minimum atomic E-state index is -0.337. The van der Waals surface area contributed by atoms with E-state index in [9.17, 15) is 4.39 Å². The fraction of sp³-hybridized carbons (Fsp3) is 0.214. The maximum Gasteiger partial charge on any atom is 0.128 e. The molecular formula is C14H15ClFN3. The van der Waals surface area contributed by atoms with Crippen molar-refractivity contribution in [2.45, 2.75) is 12.5 Å². The number of likely N-dealkylation sites (N-methyl/N-ethyl adjacent to an activating group) is 1. The Hall–Kier alpha value is -1.65. The van der Waals surface area contributed by atoms with Crippen LogP contribution in [0.15, 0.2) is 36.5 Å². The van der Waals surface area contributed by atoms with Gasteiger partial charge in [-0.15, -0.1) is 0 Å². The second-order valence-electron chi connectivity index (χ2n) is 4.26. The number of hydrogen-bond donors (Lipinski definition) is 2. The Morgan fingerprint density at radius 1 is 1.42 bits per heavy atom. The van der Waals surface area contributed by atoms with Gasteiger partial charge in [0.25, 0.3) is 0 Å². The summed E-state index contributed by atoms with van der Waals surface area (Å²) in [5.74, 6) is 0.149. The molecule has 0 fully saturated rings. The maximum atomic E-state index is 13.0. The van der Waals surface area contributed by atoms with Crippen molar-refractivity contribution in [2.24, 2.45) is 0 Å². The van der Waals surface area contributed by atoms with E-state index in [1.807, 2.05) is 19.2 Å². The Labute approximate surface area is 116 Å². The Kier molecular flexibility index (Phi) is 4.35.